The third-order valence-corrected chi connectivity index (χ3v) is 9.35. The Hall–Kier alpha value is -4.35. The number of carbonyl (C=O) groups is 3. The number of carboxylic acid groups (broad SMARTS) is 1. The molecule has 0 bridgehead atoms. The first-order valence-corrected chi connectivity index (χ1v) is 13.4. The maximum absolute atomic E-state index is 14.7. The molecule has 5 heteroatoms. The van der Waals surface area contributed by atoms with E-state index in [2.05, 4.69) is 29.6 Å². The molecule has 39 heavy (non-hydrogen) atoms. The zero-order valence-electron chi connectivity index (χ0n) is 21.2. The lowest BCUT2D eigenvalue weighted by molar-refractivity contribution is -0.137. The Bertz CT molecular complexity index is 1580. The Morgan fingerprint density at radius 2 is 1.18 bits per heavy atom. The smallest absolute Gasteiger partial charge is 0.303 e. The molecule has 2 aliphatic carbocycles. The minimum atomic E-state index is -1.57. The number of nitrogens with one attached hydrogen (secondary N) is 1. The zero-order valence-corrected chi connectivity index (χ0v) is 21.2. The lowest BCUT2D eigenvalue weighted by Gasteiger charge is -2.35. The Labute approximate surface area is 226 Å². The largest absolute Gasteiger partial charge is 0.481 e. The van der Waals surface area contributed by atoms with E-state index in [0.29, 0.717) is 11.1 Å². The number of ketones is 2. The molecular formula is C34H27NO4. The molecule has 1 saturated heterocycles. The second-order valence-electron chi connectivity index (χ2n) is 10.8. The van der Waals surface area contributed by atoms with Crippen LogP contribution in [0.3, 0.4) is 0 Å². The number of aliphatic carboxylic acids is 1. The molecule has 192 valence electrons. The molecule has 2 fully saturated rings. The van der Waals surface area contributed by atoms with E-state index in [1.807, 2.05) is 66.7 Å². The molecule has 1 saturated carbocycles. The van der Waals surface area contributed by atoms with E-state index in [-0.39, 0.29) is 30.3 Å². The van der Waals surface area contributed by atoms with Crippen LogP contribution < -0.4 is 5.32 Å². The van der Waals surface area contributed by atoms with Gasteiger partial charge in [-0.2, -0.15) is 0 Å². The van der Waals surface area contributed by atoms with E-state index >= 15 is 0 Å². The molecule has 0 amide bonds. The highest BCUT2D eigenvalue weighted by Gasteiger charge is 2.94. The first-order chi connectivity index (χ1) is 19.0. The van der Waals surface area contributed by atoms with Gasteiger partial charge in [-0.1, -0.05) is 115 Å². The number of Topliss-reactive ketones (excluding diaryl/α,β-unsaturated/α-hetero) is 2. The predicted octanol–water partition coefficient (Wildman–Crippen LogP) is 5.31. The van der Waals surface area contributed by atoms with Crippen LogP contribution in [0.15, 0.2) is 115 Å². The molecule has 1 aliphatic heterocycles. The number of fused-ring (bicyclic) bond motifs is 3. The Morgan fingerprint density at radius 3 is 1.72 bits per heavy atom. The van der Waals surface area contributed by atoms with Crippen LogP contribution in [0.2, 0.25) is 0 Å². The van der Waals surface area contributed by atoms with E-state index < -0.39 is 28.4 Å². The van der Waals surface area contributed by atoms with Gasteiger partial charge in [0.15, 0.2) is 17.1 Å². The van der Waals surface area contributed by atoms with Crippen molar-refractivity contribution in [3.8, 4) is 0 Å². The fourth-order valence-corrected chi connectivity index (χ4v) is 8.22. The van der Waals surface area contributed by atoms with Gasteiger partial charge in [-0.05, 0) is 23.1 Å². The quantitative estimate of drug-likeness (QED) is 0.341. The molecular weight excluding hydrogens is 486 g/mol. The summed E-state index contributed by atoms with van der Waals surface area (Å²) in [6.07, 6.45) is 0.199. The SMILES string of the molecule is O=C(O)CC[C@H]1NC2(C(=O)c3ccccc3C2=O)[C@@]2(c3ccccc3)[C@H](c3ccccc3)[C@@]12c1ccccc1. The van der Waals surface area contributed by atoms with Crippen LogP contribution in [0.5, 0.6) is 0 Å². The van der Waals surface area contributed by atoms with Crippen molar-refractivity contribution in [2.45, 2.75) is 41.2 Å². The standard InChI is InChI=1S/C34H27NO4/c36-28(37)21-20-27-32(23-14-6-2-7-15-23)29(22-12-4-1-5-13-22)33(32,24-16-8-3-9-17-24)34(35-27)30(38)25-18-10-11-19-26(25)31(34)39/h1-19,27,29,35H,20-21H2,(H,36,37)/t27-,29-,32-,33+/m1/s1. The van der Waals surface area contributed by atoms with Crippen molar-refractivity contribution in [3.63, 3.8) is 0 Å². The molecule has 4 aromatic carbocycles. The molecule has 1 spiro atoms. The van der Waals surface area contributed by atoms with Gasteiger partial charge in [0.05, 0.1) is 0 Å². The molecule has 0 aromatic heterocycles. The second kappa shape index (κ2) is 8.32. The fraction of sp³-hybridized carbons (Fsp3) is 0.206. The van der Waals surface area contributed by atoms with Crippen molar-refractivity contribution in [3.05, 3.63) is 143 Å². The molecule has 4 aromatic rings. The van der Waals surface area contributed by atoms with Crippen molar-refractivity contribution in [2.75, 3.05) is 0 Å². The first kappa shape index (κ1) is 23.7. The molecule has 0 radical (unpaired) electrons. The molecule has 7 rings (SSSR count). The summed E-state index contributed by atoms with van der Waals surface area (Å²) in [7, 11) is 0. The normalized spacial score (nSPS) is 27.8. The van der Waals surface area contributed by atoms with Gasteiger partial charge in [0.1, 0.15) is 0 Å². The van der Waals surface area contributed by atoms with E-state index in [4.69, 9.17) is 0 Å². The van der Waals surface area contributed by atoms with Gasteiger partial charge in [0.25, 0.3) is 0 Å². The summed E-state index contributed by atoms with van der Waals surface area (Å²) in [4.78, 5) is 41.2. The third kappa shape index (κ3) is 2.75. The third-order valence-electron chi connectivity index (χ3n) is 9.35. The van der Waals surface area contributed by atoms with Crippen molar-refractivity contribution >= 4 is 17.5 Å². The van der Waals surface area contributed by atoms with Crippen LogP contribution in [0.1, 0.15) is 56.2 Å². The summed E-state index contributed by atoms with van der Waals surface area (Å²) in [5.74, 6) is -1.61. The van der Waals surface area contributed by atoms with Gasteiger partial charge in [-0.15, -0.1) is 0 Å². The lowest BCUT2D eigenvalue weighted by Crippen LogP contribution is -2.61. The molecule has 3 aliphatic rings. The zero-order chi connectivity index (χ0) is 26.8. The van der Waals surface area contributed by atoms with Crippen LogP contribution in [-0.4, -0.2) is 34.2 Å². The first-order valence-electron chi connectivity index (χ1n) is 13.4. The van der Waals surface area contributed by atoms with Crippen molar-refractivity contribution in [1.29, 1.82) is 0 Å². The maximum Gasteiger partial charge on any atom is 0.303 e. The van der Waals surface area contributed by atoms with Gasteiger partial charge in [-0.25, -0.2) is 0 Å². The summed E-state index contributed by atoms with van der Waals surface area (Å²) < 4.78 is 0. The average Bonchev–Trinajstić information content (AvgIpc) is 3.48. The van der Waals surface area contributed by atoms with E-state index in [1.165, 1.54) is 0 Å². The highest BCUT2D eigenvalue weighted by atomic mass is 16.4. The minimum Gasteiger partial charge on any atom is -0.481 e. The molecule has 2 N–H and O–H groups in total. The van der Waals surface area contributed by atoms with Crippen LogP contribution in [0, 0.1) is 0 Å². The summed E-state index contributed by atoms with van der Waals surface area (Å²) in [5.41, 5.74) is 0.497. The summed E-state index contributed by atoms with van der Waals surface area (Å²) >= 11 is 0. The Balaban J connectivity index is 1.61. The van der Waals surface area contributed by atoms with Gasteiger partial charge < -0.3 is 5.11 Å². The van der Waals surface area contributed by atoms with E-state index in [9.17, 15) is 19.5 Å². The monoisotopic (exact) mass is 513 g/mol. The van der Waals surface area contributed by atoms with Crippen molar-refractivity contribution in [2.24, 2.45) is 0 Å². The Morgan fingerprint density at radius 1 is 0.692 bits per heavy atom. The highest BCUT2D eigenvalue weighted by Crippen LogP contribution is 2.84. The summed E-state index contributed by atoms with van der Waals surface area (Å²) in [5, 5.41) is 13.3. The number of rotatable bonds is 6. The van der Waals surface area contributed by atoms with Gasteiger partial charge in [0.2, 0.25) is 0 Å². The van der Waals surface area contributed by atoms with Gasteiger partial charge >= 0.3 is 5.97 Å². The summed E-state index contributed by atoms with van der Waals surface area (Å²) in [6, 6.07) is 36.6. The van der Waals surface area contributed by atoms with Crippen molar-refractivity contribution < 1.29 is 19.5 Å². The van der Waals surface area contributed by atoms with E-state index in [0.717, 1.165) is 16.7 Å². The molecule has 4 atom stereocenters. The van der Waals surface area contributed by atoms with Crippen LogP contribution in [-0.2, 0) is 15.6 Å². The molecule has 0 unspecified atom stereocenters. The fourth-order valence-electron chi connectivity index (χ4n) is 8.22. The number of carbonyl (C=O) groups excluding carboxylic acids is 2. The maximum atomic E-state index is 14.7. The van der Waals surface area contributed by atoms with Crippen LogP contribution in [0.25, 0.3) is 0 Å². The number of piperidine rings is 1. The van der Waals surface area contributed by atoms with Crippen LogP contribution >= 0.6 is 0 Å². The summed E-state index contributed by atoms with van der Waals surface area (Å²) in [6.45, 7) is 0. The van der Waals surface area contributed by atoms with Gasteiger partial charge in [-0.3, -0.25) is 19.7 Å². The average molecular weight is 514 g/mol. The number of benzene rings is 4. The molecule has 1 heterocycles. The predicted molar refractivity (Wildman–Crippen MR) is 147 cm³/mol. The number of hydrogen-bond donors (Lipinski definition) is 2. The Kier molecular flexibility index (Phi) is 5.07. The highest BCUT2D eigenvalue weighted by molar-refractivity contribution is 6.35. The number of carboxylic acids is 1. The molecule has 5 nitrogen and oxygen atoms in total. The lowest BCUT2D eigenvalue weighted by atomic mass is 9.68. The van der Waals surface area contributed by atoms with E-state index in [1.54, 1.807) is 24.3 Å². The van der Waals surface area contributed by atoms with Crippen molar-refractivity contribution in [1.82, 2.24) is 5.32 Å². The topological polar surface area (TPSA) is 83.5 Å². The van der Waals surface area contributed by atoms with Gasteiger partial charge in [0, 0.05) is 40.3 Å². The second-order valence-corrected chi connectivity index (χ2v) is 10.8. The minimum absolute atomic E-state index is 0.0793. The number of hydrogen-bond acceptors (Lipinski definition) is 4. The van der Waals surface area contributed by atoms with Crippen LogP contribution in [0.4, 0.5) is 0 Å².